The van der Waals surface area contributed by atoms with Gasteiger partial charge in [-0.25, -0.2) is 15.0 Å². The van der Waals surface area contributed by atoms with Gasteiger partial charge in [0, 0.05) is 27.5 Å². The third-order valence-electron chi connectivity index (χ3n) is 10.7. The predicted molar refractivity (Wildman–Crippen MR) is 227 cm³/mol. The molecule has 11 aromatic rings. The monoisotopic (exact) mass is 701 g/mol. The Hall–Kier alpha value is -7.43. The molecule has 0 N–H and O–H groups in total. The predicted octanol–water partition coefficient (Wildman–Crippen LogP) is 13.6. The van der Waals surface area contributed by atoms with Crippen molar-refractivity contribution in [2.45, 2.75) is 0 Å². The van der Waals surface area contributed by atoms with Crippen LogP contribution in [0, 0.1) is 0 Å². The summed E-state index contributed by atoms with van der Waals surface area (Å²) in [5.74, 6) is 1.82. The highest BCUT2D eigenvalue weighted by Gasteiger charge is 2.18. The fourth-order valence-corrected chi connectivity index (χ4v) is 8.10. The molecule has 0 saturated carbocycles. The van der Waals surface area contributed by atoms with Crippen molar-refractivity contribution in [3.05, 3.63) is 188 Å². The van der Waals surface area contributed by atoms with E-state index >= 15 is 0 Å². The van der Waals surface area contributed by atoms with Gasteiger partial charge in [-0.15, -0.1) is 0 Å². The van der Waals surface area contributed by atoms with Gasteiger partial charge in [0.1, 0.15) is 11.2 Å². The Morgan fingerprint density at radius 1 is 0.273 bits per heavy atom. The summed E-state index contributed by atoms with van der Waals surface area (Å²) in [4.78, 5) is 15.1. The lowest BCUT2D eigenvalue weighted by Gasteiger charge is -2.12. The van der Waals surface area contributed by atoms with Crippen molar-refractivity contribution < 1.29 is 4.42 Å². The number of furan rings is 1. The first-order valence-electron chi connectivity index (χ1n) is 18.5. The molecule has 0 aliphatic heterocycles. The van der Waals surface area contributed by atoms with Crippen LogP contribution in [-0.2, 0) is 0 Å². The van der Waals surface area contributed by atoms with E-state index in [0.29, 0.717) is 17.5 Å². The van der Waals surface area contributed by atoms with Crippen molar-refractivity contribution in [1.29, 1.82) is 0 Å². The first kappa shape index (κ1) is 31.1. The third-order valence-corrected chi connectivity index (χ3v) is 10.7. The first-order chi connectivity index (χ1) is 27.2. The standard InChI is InChI=1S/C51H31N3O/c1-3-13-32(14-4-1)34-17-11-18-36(29-34)50-52-49(33-15-5-2-6-16-33)53-51(54-50)37-26-28-44-47(31-37)55-46-24-12-23-38(48(44)46)35-25-27-43-41-21-8-7-19-39(41)40-20-9-10-22-42(40)45(43)30-35/h1-31H. The molecule has 0 atom stereocenters. The van der Waals surface area contributed by atoms with Gasteiger partial charge >= 0.3 is 0 Å². The molecule has 0 saturated heterocycles. The van der Waals surface area contributed by atoms with E-state index in [1.54, 1.807) is 0 Å². The fraction of sp³-hybridized carbons (Fsp3) is 0. The van der Waals surface area contributed by atoms with Crippen LogP contribution in [0.3, 0.4) is 0 Å². The highest BCUT2D eigenvalue weighted by molar-refractivity contribution is 6.26. The summed E-state index contributed by atoms with van der Waals surface area (Å²) in [5, 5.41) is 9.70. The summed E-state index contributed by atoms with van der Waals surface area (Å²) in [6.07, 6.45) is 0. The molecule has 256 valence electrons. The molecule has 0 spiro atoms. The van der Waals surface area contributed by atoms with E-state index in [-0.39, 0.29) is 0 Å². The normalized spacial score (nSPS) is 11.6. The van der Waals surface area contributed by atoms with Gasteiger partial charge in [0.15, 0.2) is 17.5 Å². The quantitative estimate of drug-likeness (QED) is 0.168. The lowest BCUT2D eigenvalue weighted by Crippen LogP contribution is -2.00. The van der Waals surface area contributed by atoms with Crippen molar-refractivity contribution in [2.24, 2.45) is 0 Å². The van der Waals surface area contributed by atoms with Gasteiger partial charge in [0.2, 0.25) is 0 Å². The Kier molecular flexibility index (Phi) is 7.14. The van der Waals surface area contributed by atoms with Crippen molar-refractivity contribution in [2.75, 3.05) is 0 Å². The Labute approximate surface area is 317 Å². The van der Waals surface area contributed by atoms with Crippen LogP contribution in [-0.4, -0.2) is 15.0 Å². The maximum absolute atomic E-state index is 6.62. The van der Waals surface area contributed by atoms with Gasteiger partial charge in [-0.3, -0.25) is 0 Å². The summed E-state index contributed by atoms with van der Waals surface area (Å²) in [7, 11) is 0. The summed E-state index contributed by atoms with van der Waals surface area (Å²) >= 11 is 0. The molecule has 0 aliphatic carbocycles. The molecule has 9 aromatic carbocycles. The second-order valence-electron chi connectivity index (χ2n) is 14.0. The Bertz CT molecular complexity index is 3220. The molecule has 0 aliphatic rings. The molecule has 4 heteroatoms. The van der Waals surface area contributed by atoms with Crippen LogP contribution >= 0.6 is 0 Å². The fourth-order valence-electron chi connectivity index (χ4n) is 8.10. The topological polar surface area (TPSA) is 51.8 Å². The molecule has 0 radical (unpaired) electrons. The molecule has 2 heterocycles. The van der Waals surface area contributed by atoms with Crippen molar-refractivity contribution in [1.82, 2.24) is 15.0 Å². The minimum atomic E-state index is 0.588. The summed E-state index contributed by atoms with van der Waals surface area (Å²) in [6, 6.07) is 65.8. The van der Waals surface area contributed by atoms with E-state index in [0.717, 1.165) is 60.9 Å². The van der Waals surface area contributed by atoms with Gasteiger partial charge in [-0.2, -0.15) is 0 Å². The van der Waals surface area contributed by atoms with E-state index in [1.807, 2.05) is 36.4 Å². The van der Waals surface area contributed by atoms with Crippen LogP contribution in [0.15, 0.2) is 192 Å². The lowest BCUT2D eigenvalue weighted by molar-refractivity contribution is 0.669. The van der Waals surface area contributed by atoms with Crippen LogP contribution in [0.5, 0.6) is 0 Å². The number of benzene rings is 9. The van der Waals surface area contributed by atoms with Gasteiger partial charge in [0.05, 0.1) is 0 Å². The molecule has 0 bridgehead atoms. The van der Waals surface area contributed by atoms with Gasteiger partial charge in [0.25, 0.3) is 0 Å². The van der Waals surface area contributed by atoms with E-state index in [1.165, 1.54) is 32.3 Å². The van der Waals surface area contributed by atoms with Crippen LogP contribution < -0.4 is 0 Å². The molecule has 4 nitrogen and oxygen atoms in total. The zero-order chi connectivity index (χ0) is 36.3. The van der Waals surface area contributed by atoms with Gasteiger partial charge in [-0.1, -0.05) is 158 Å². The number of fused-ring (bicyclic) bond motifs is 9. The summed E-state index contributed by atoms with van der Waals surface area (Å²) in [6.45, 7) is 0. The Morgan fingerprint density at radius 3 is 1.45 bits per heavy atom. The molecular formula is C51H31N3O. The average molecular weight is 702 g/mol. The van der Waals surface area contributed by atoms with E-state index in [4.69, 9.17) is 19.4 Å². The summed E-state index contributed by atoms with van der Waals surface area (Å²) in [5.41, 5.74) is 8.87. The molecule has 0 fully saturated rings. The molecule has 0 amide bonds. The molecule has 55 heavy (non-hydrogen) atoms. The van der Waals surface area contributed by atoms with E-state index < -0.39 is 0 Å². The average Bonchev–Trinajstić information content (AvgIpc) is 3.65. The minimum Gasteiger partial charge on any atom is -0.456 e. The van der Waals surface area contributed by atoms with Crippen LogP contribution in [0.2, 0.25) is 0 Å². The Morgan fingerprint density at radius 2 is 0.764 bits per heavy atom. The lowest BCUT2D eigenvalue weighted by atomic mass is 9.91. The smallest absolute Gasteiger partial charge is 0.164 e. The van der Waals surface area contributed by atoms with Crippen molar-refractivity contribution >= 4 is 54.3 Å². The molecule has 2 aromatic heterocycles. The zero-order valence-electron chi connectivity index (χ0n) is 29.6. The van der Waals surface area contributed by atoms with Crippen molar-refractivity contribution in [3.8, 4) is 56.4 Å². The van der Waals surface area contributed by atoms with Crippen LogP contribution in [0.1, 0.15) is 0 Å². The first-order valence-corrected chi connectivity index (χ1v) is 18.5. The number of hydrogen-bond donors (Lipinski definition) is 0. The highest BCUT2D eigenvalue weighted by Crippen LogP contribution is 2.41. The van der Waals surface area contributed by atoms with Gasteiger partial charge < -0.3 is 4.42 Å². The van der Waals surface area contributed by atoms with Crippen molar-refractivity contribution in [3.63, 3.8) is 0 Å². The van der Waals surface area contributed by atoms with Crippen LogP contribution in [0.4, 0.5) is 0 Å². The highest BCUT2D eigenvalue weighted by atomic mass is 16.3. The number of rotatable bonds is 5. The molecule has 11 rings (SSSR count). The molecular weight excluding hydrogens is 671 g/mol. The SMILES string of the molecule is c1ccc(-c2cccc(-c3nc(-c4ccccc4)nc(-c4ccc5c(c4)oc4cccc(-c6ccc7c8ccccc8c8ccccc8c7c6)c45)n3)c2)cc1. The largest absolute Gasteiger partial charge is 0.456 e. The van der Waals surface area contributed by atoms with E-state index in [9.17, 15) is 0 Å². The number of hydrogen-bond acceptors (Lipinski definition) is 4. The van der Waals surface area contributed by atoms with Gasteiger partial charge in [-0.05, 0) is 84.9 Å². The maximum Gasteiger partial charge on any atom is 0.164 e. The second-order valence-corrected chi connectivity index (χ2v) is 14.0. The number of aromatic nitrogens is 3. The summed E-state index contributed by atoms with van der Waals surface area (Å²) < 4.78 is 6.62. The third kappa shape index (κ3) is 5.26. The maximum atomic E-state index is 6.62. The molecule has 0 unspecified atom stereocenters. The van der Waals surface area contributed by atoms with Crippen LogP contribution in [0.25, 0.3) is 111 Å². The number of nitrogens with zero attached hydrogens (tertiary/aromatic N) is 3. The second kappa shape index (κ2) is 12.6. The minimum absolute atomic E-state index is 0.588. The Balaban J connectivity index is 1.06. The van der Waals surface area contributed by atoms with E-state index in [2.05, 4.69) is 152 Å². The zero-order valence-corrected chi connectivity index (χ0v) is 29.6.